The molecule has 0 bridgehead atoms. The van der Waals surface area contributed by atoms with E-state index in [1.165, 1.54) is 0 Å². The number of aromatic amines is 2. The van der Waals surface area contributed by atoms with E-state index in [9.17, 15) is 14.4 Å². The second-order valence-electron chi connectivity index (χ2n) is 3.79. The molecule has 0 radical (unpaired) electrons. The molecule has 19 heavy (non-hydrogen) atoms. The largest absolute Gasteiger partial charge is 0.325 e. The van der Waals surface area contributed by atoms with Gasteiger partial charge >= 0.3 is 5.69 Å². The minimum absolute atomic E-state index is 0.111. The fourth-order valence-electron chi connectivity index (χ4n) is 1.41. The van der Waals surface area contributed by atoms with Gasteiger partial charge in [-0.3, -0.25) is 14.6 Å². The van der Waals surface area contributed by atoms with E-state index in [-0.39, 0.29) is 16.4 Å². The molecule has 0 unspecified atom stereocenters. The summed E-state index contributed by atoms with van der Waals surface area (Å²) in [6.07, 6.45) is 2.58. The number of halogens is 1. The quantitative estimate of drug-likeness (QED) is 0.703. The van der Waals surface area contributed by atoms with Gasteiger partial charge < -0.3 is 10.3 Å². The first-order valence-corrected chi connectivity index (χ1v) is 5.60. The average molecular weight is 281 g/mol. The Labute approximate surface area is 111 Å². The van der Waals surface area contributed by atoms with E-state index in [2.05, 4.69) is 15.3 Å². The van der Waals surface area contributed by atoms with Crippen molar-refractivity contribution in [3.8, 4) is 0 Å². The van der Waals surface area contributed by atoms with Gasteiger partial charge in [-0.05, 0) is 18.6 Å². The average Bonchev–Trinajstić information content (AvgIpc) is 2.33. The van der Waals surface area contributed by atoms with Gasteiger partial charge in [0.15, 0.2) is 5.15 Å². The number of carbonyl (C=O) groups is 1. The van der Waals surface area contributed by atoms with Gasteiger partial charge in [0.2, 0.25) is 0 Å². The molecule has 2 heterocycles. The molecule has 0 atom stereocenters. The summed E-state index contributed by atoms with van der Waals surface area (Å²) < 4.78 is 0. The number of anilines is 1. The first-order valence-electron chi connectivity index (χ1n) is 5.23. The van der Waals surface area contributed by atoms with Crippen LogP contribution in [0.1, 0.15) is 15.9 Å². The van der Waals surface area contributed by atoms with E-state index >= 15 is 0 Å². The zero-order chi connectivity index (χ0) is 14.0. The van der Waals surface area contributed by atoms with Gasteiger partial charge in [0.25, 0.3) is 11.5 Å². The maximum atomic E-state index is 11.9. The number of hydrogen-bond acceptors (Lipinski definition) is 4. The molecule has 0 saturated heterocycles. The molecule has 8 heteroatoms. The second-order valence-corrected chi connectivity index (χ2v) is 4.15. The number of aryl methyl sites for hydroxylation is 1. The maximum Gasteiger partial charge on any atom is 0.325 e. The Kier molecular flexibility index (Phi) is 3.48. The Hall–Kier alpha value is -2.41. The van der Waals surface area contributed by atoms with Crippen LogP contribution in [0.4, 0.5) is 5.69 Å². The molecule has 98 valence electrons. The van der Waals surface area contributed by atoms with Crippen molar-refractivity contribution >= 4 is 23.2 Å². The van der Waals surface area contributed by atoms with Crippen LogP contribution in [0.25, 0.3) is 0 Å². The van der Waals surface area contributed by atoms with Crippen LogP contribution in [0.3, 0.4) is 0 Å². The molecule has 0 aliphatic rings. The fourth-order valence-corrected chi connectivity index (χ4v) is 1.56. The summed E-state index contributed by atoms with van der Waals surface area (Å²) in [5.74, 6) is -0.688. The third-order valence-corrected chi connectivity index (χ3v) is 2.59. The lowest BCUT2D eigenvalue weighted by molar-refractivity contribution is 0.102. The Morgan fingerprint density at radius 2 is 2.16 bits per heavy atom. The van der Waals surface area contributed by atoms with E-state index in [1.807, 2.05) is 4.98 Å². The lowest BCUT2D eigenvalue weighted by atomic mass is 10.2. The summed E-state index contributed by atoms with van der Waals surface area (Å²) in [7, 11) is 0. The Morgan fingerprint density at radius 1 is 1.42 bits per heavy atom. The number of amides is 1. The maximum absolute atomic E-state index is 11.9. The lowest BCUT2D eigenvalue weighted by Gasteiger charge is -2.06. The standard InChI is InChI=1S/C11H9ClN4O3/c1-5-2-7(8(12)13-3-5)15-9(17)6-4-14-11(19)16-10(6)18/h2-4H,1H3,(H,15,17)(H2,14,16,18,19). The molecule has 0 saturated carbocycles. The van der Waals surface area contributed by atoms with Gasteiger partial charge in [0.05, 0.1) is 5.69 Å². The van der Waals surface area contributed by atoms with Crippen molar-refractivity contribution in [1.29, 1.82) is 0 Å². The van der Waals surface area contributed by atoms with E-state index < -0.39 is 17.2 Å². The Morgan fingerprint density at radius 3 is 2.84 bits per heavy atom. The van der Waals surface area contributed by atoms with Crippen LogP contribution in [-0.2, 0) is 0 Å². The first-order chi connectivity index (χ1) is 8.97. The van der Waals surface area contributed by atoms with Crippen LogP contribution >= 0.6 is 11.6 Å². The van der Waals surface area contributed by atoms with Crippen LogP contribution in [0, 0.1) is 6.92 Å². The van der Waals surface area contributed by atoms with Crippen molar-refractivity contribution in [2.45, 2.75) is 6.92 Å². The summed E-state index contributed by atoms with van der Waals surface area (Å²) in [4.78, 5) is 42.2. The van der Waals surface area contributed by atoms with Crippen LogP contribution in [0.15, 0.2) is 28.0 Å². The highest BCUT2D eigenvalue weighted by Gasteiger charge is 2.13. The number of nitrogens with zero attached hydrogens (tertiary/aromatic N) is 1. The van der Waals surface area contributed by atoms with Crippen LogP contribution < -0.4 is 16.6 Å². The molecule has 0 aliphatic heterocycles. The number of H-pyrrole nitrogens is 2. The van der Waals surface area contributed by atoms with Crippen LogP contribution in [0.2, 0.25) is 5.15 Å². The second kappa shape index (κ2) is 5.07. The number of pyridine rings is 1. The molecule has 1 amide bonds. The van der Waals surface area contributed by atoms with Crippen molar-refractivity contribution < 1.29 is 4.79 Å². The molecule has 2 rings (SSSR count). The number of carbonyl (C=O) groups excluding carboxylic acids is 1. The highest BCUT2D eigenvalue weighted by molar-refractivity contribution is 6.32. The van der Waals surface area contributed by atoms with Gasteiger partial charge in [-0.25, -0.2) is 9.78 Å². The molecule has 2 aromatic heterocycles. The smallest absolute Gasteiger partial charge is 0.319 e. The lowest BCUT2D eigenvalue weighted by Crippen LogP contribution is -2.29. The summed E-state index contributed by atoms with van der Waals surface area (Å²) in [6, 6.07) is 1.62. The summed E-state index contributed by atoms with van der Waals surface area (Å²) in [5, 5.41) is 2.56. The van der Waals surface area contributed by atoms with Gasteiger partial charge in [-0.1, -0.05) is 11.6 Å². The molecular weight excluding hydrogens is 272 g/mol. The first kappa shape index (κ1) is 13.0. The number of nitrogens with one attached hydrogen (secondary N) is 3. The SMILES string of the molecule is Cc1cnc(Cl)c(NC(=O)c2c[nH]c(=O)[nH]c2=O)c1. The topological polar surface area (TPSA) is 108 Å². The van der Waals surface area contributed by atoms with E-state index in [0.29, 0.717) is 0 Å². The Bertz CT molecular complexity index is 750. The number of aromatic nitrogens is 3. The molecule has 0 aromatic carbocycles. The summed E-state index contributed by atoms with van der Waals surface area (Å²) in [6.45, 7) is 1.78. The molecule has 7 nitrogen and oxygen atoms in total. The van der Waals surface area contributed by atoms with E-state index in [0.717, 1.165) is 11.8 Å². The summed E-state index contributed by atoms with van der Waals surface area (Å²) in [5.41, 5.74) is -0.598. The predicted molar refractivity (Wildman–Crippen MR) is 69.6 cm³/mol. The number of rotatable bonds is 2. The monoisotopic (exact) mass is 280 g/mol. The predicted octanol–water partition coefficient (Wildman–Crippen LogP) is 0.672. The third-order valence-electron chi connectivity index (χ3n) is 2.29. The highest BCUT2D eigenvalue weighted by atomic mass is 35.5. The number of hydrogen-bond donors (Lipinski definition) is 3. The van der Waals surface area contributed by atoms with Crippen molar-refractivity contribution in [2.75, 3.05) is 5.32 Å². The van der Waals surface area contributed by atoms with Crippen molar-refractivity contribution in [1.82, 2.24) is 15.0 Å². The van der Waals surface area contributed by atoms with Gasteiger partial charge in [0, 0.05) is 12.4 Å². The molecule has 2 aromatic rings. The van der Waals surface area contributed by atoms with Crippen LogP contribution in [0.5, 0.6) is 0 Å². The zero-order valence-corrected chi connectivity index (χ0v) is 10.5. The molecule has 3 N–H and O–H groups in total. The van der Waals surface area contributed by atoms with Gasteiger partial charge in [-0.15, -0.1) is 0 Å². The normalized spacial score (nSPS) is 10.2. The van der Waals surface area contributed by atoms with Gasteiger partial charge in [-0.2, -0.15) is 0 Å². The molecule has 0 spiro atoms. The van der Waals surface area contributed by atoms with Crippen LogP contribution in [-0.4, -0.2) is 20.9 Å². The fraction of sp³-hybridized carbons (Fsp3) is 0.0909. The van der Waals surface area contributed by atoms with E-state index in [1.54, 1.807) is 19.2 Å². The van der Waals surface area contributed by atoms with Gasteiger partial charge in [0.1, 0.15) is 5.56 Å². The van der Waals surface area contributed by atoms with Crippen molar-refractivity contribution in [2.24, 2.45) is 0 Å². The molecular formula is C11H9ClN4O3. The van der Waals surface area contributed by atoms with Crippen molar-refractivity contribution in [3.63, 3.8) is 0 Å². The van der Waals surface area contributed by atoms with Crippen molar-refractivity contribution in [3.05, 3.63) is 55.6 Å². The highest BCUT2D eigenvalue weighted by Crippen LogP contribution is 2.19. The molecule has 0 fully saturated rings. The van der Waals surface area contributed by atoms with E-state index in [4.69, 9.17) is 11.6 Å². The minimum Gasteiger partial charge on any atom is -0.319 e. The minimum atomic E-state index is -0.780. The zero-order valence-electron chi connectivity index (χ0n) is 9.78. The molecule has 0 aliphatic carbocycles. The summed E-state index contributed by atoms with van der Waals surface area (Å²) >= 11 is 5.82. The Balaban J connectivity index is 2.33. The third kappa shape index (κ3) is 2.89.